The van der Waals surface area contributed by atoms with Crippen LogP contribution in [0.1, 0.15) is 29.3 Å². The molecule has 0 N–H and O–H groups in total. The van der Waals surface area contributed by atoms with E-state index in [1.807, 2.05) is 43.3 Å². The van der Waals surface area contributed by atoms with E-state index in [4.69, 9.17) is 4.99 Å². The first-order chi connectivity index (χ1) is 10.2. The molecule has 104 valence electrons. The molecule has 0 radical (unpaired) electrons. The van der Waals surface area contributed by atoms with Crippen molar-refractivity contribution in [3.05, 3.63) is 59.7 Å². The van der Waals surface area contributed by atoms with Crippen LogP contribution in [0.3, 0.4) is 0 Å². The number of aliphatic imine (C=N–C) groups is 1. The molecule has 1 heterocycles. The molecule has 1 aliphatic heterocycles. The van der Waals surface area contributed by atoms with Crippen molar-refractivity contribution in [1.29, 1.82) is 0 Å². The van der Waals surface area contributed by atoms with Crippen LogP contribution in [0.4, 0.5) is 5.69 Å². The van der Waals surface area contributed by atoms with Crippen LogP contribution in [0.25, 0.3) is 0 Å². The van der Waals surface area contributed by atoms with Gasteiger partial charge in [-0.05, 0) is 37.5 Å². The third kappa shape index (κ3) is 1.80. The highest BCUT2D eigenvalue weighted by molar-refractivity contribution is 8.02. The van der Waals surface area contributed by atoms with Gasteiger partial charge >= 0.3 is 0 Å². The van der Waals surface area contributed by atoms with Gasteiger partial charge in [0.15, 0.2) is 5.78 Å². The molecule has 3 heteroatoms. The molecule has 4 rings (SSSR count). The van der Waals surface area contributed by atoms with Gasteiger partial charge in [-0.2, -0.15) is 0 Å². The molecule has 21 heavy (non-hydrogen) atoms. The molecule has 2 aromatic rings. The molecule has 1 aliphatic carbocycles. The fourth-order valence-electron chi connectivity index (χ4n) is 3.21. The Morgan fingerprint density at radius 3 is 2.76 bits per heavy atom. The molecule has 0 amide bonds. The average Bonchev–Trinajstić information content (AvgIpc) is 2.52. The lowest BCUT2D eigenvalue weighted by Gasteiger charge is -2.38. The minimum atomic E-state index is -0.511. The summed E-state index contributed by atoms with van der Waals surface area (Å²) in [4.78, 5) is 18.9. The average molecular weight is 293 g/mol. The monoisotopic (exact) mass is 293 g/mol. The van der Waals surface area contributed by atoms with Crippen molar-refractivity contribution < 1.29 is 4.79 Å². The summed E-state index contributed by atoms with van der Waals surface area (Å²) in [6, 6.07) is 16.0. The fraction of sp³-hybridized carbons (Fsp3) is 0.222. The van der Waals surface area contributed by atoms with E-state index in [0.29, 0.717) is 0 Å². The van der Waals surface area contributed by atoms with E-state index in [1.165, 1.54) is 5.56 Å². The predicted octanol–water partition coefficient (Wildman–Crippen LogP) is 4.45. The predicted molar refractivity (Wildman–Crippen MR) is 86.9 cm³/mol. The zero-order valence-corrected chi connectivity index (χ0v) is 12.6. The smallest absolute Gasteiger partial charge is 0.185 e. The van der Waals surface area contributed by atoms with Gasteiger partial charge in [-0.1, -0.05) is 36.4 Å². The van der Waals surface area contributed by atoms with E-state index >= 15 is 0 Å². The molecule has 1 unspecified atom stereocenters. The third-order valence-electron chi connectivity index (χ3n) is 4.40. The third-order valence-corrected chi connectivity index (χ3v) is 6.00. The molecular weight excluding hydrogens is 278 g/mol. The van der Waals surface area contributed by atoms with Crippen molar-refractivity contribution in [3.8, 4) is 0 Å². The van der Waals surface area contributed by atoms with Crippen LogP contribution >= 0.6 is 11.8 Å². The molecule has 0 saturated heterocycles. The number of nitrogens with zero attached hydrogens (tertiary/aromatic N) is 1. The summed E-state index contributed by atoms with van der Waals surface area (Å²) >= 11 is 1.68. The minimum absolute atomic E-state index is 0.213. The topological polar surface area (TPSA) is 29.4 Å². The molecule has 2 nitrogen and oxygen atoms in total. The van der Waals surface area contributed by atoms with Gasteiger partial charge in [0.25, 0.3) is 0 Å². The standard InChI is InChI=1S/C18H15NOS/c1-12-18(21-16-9-5-4-8-15(16)19-12)11-10-13-6-2-3-7-14(13)17(18)20/h2-9H,10-11H2,1H3. The SMILES string of the molecule is CC1=Nc2ccccc2SC12CCc1ccccc1C2=O. The van der Waals surface area contributed by atoms with Crippen LogP contribution in [-0.4, -0.2) is 16.2 Å². The molecule has 0 saturated carbocycles. The zero-order valence-electron chi connectivity index (χ0n) is 11.8. The number of hydrogen-bond acceptors (Lipinski definition) is 3. The number of carbonyl (C=O) groups excluding carboxylic acids is 1. The number of para-hydroxylation sites is 1. The Morgan fingerprint density at radius 2 is 1.86 bits per heavy atom. The largest absolute Gasteiger partial charge is 0.292 e. The summed E-state index contributed by atoms with van der Waals surface area (Å²) in [7, 11) is 0. The van der Waals surface area contributed by atoms with Crippen LogP contribution < -0.4 is 0 Å². The Hall–Kier alpha value is -1.87. The van der Waals surface area contributed by atoms with Gasteiger partial charge in [0, 0.05) is 16.2 Å². The zero-order chi connectivity index (χ0) is 14.4. The van der Waals surface area contributed by atoms with Gasteiger partial charge < -0.3 is 0 Å². The second kappa shape index (κ2) is 4.57. The number of rotatable bonds is 0. The molecule has 0 aromatic heterocycles. The van der Waals surface area contributed by atoms with E-state index < -0.39 is 4.75 Å². The lowest BCUT2D eigenvalue weighted by atomic mass is 9.79. The highest BCUT2D eigenvalue weighted by atomic mass is 32.2. The van der Waals surface area contributed by atoms with E-state index in [2.05, 4.69) is 12.1 Å². The van der Waals surface area contributed by atoms with Crippen molar-refractivity contribution >= 4 is 28.9 Å². The highest BCUT2D eigenvalue weighted by Gasteiger charge is 2.47. The summed E-state index contributed by atoms with van der Waals surface area (Å²) in [6.45, 7) is 1.99. The lowest BCUT2D eigenvalue weighted by Crippen LogP contribution is -2.46. The second-order valence-electron chi connectivity index (χ2n) is 5.58. The number of benzene rings is 2. The van der Waals surface area contributed by atoms with Crippen LogP contribution in [0, 0.1) is 0 Å². The number of aryl methyl sites for hydroxylation is 1. The molecule has 2 aliphatic rings. The molecule has 0 fully saturated rings. The molecule has 2 aromatic carbocycles. The summed E-state index contributed by atoms with van der Waals surface area (Å²) in [5, 5.41) is 0. The van der Waals surface area contributed by atoms with Gasteiger partial charge in [-0.3, -0.25) is 9.79 Å². The first kappa shape index (κ1) is 12.8. The van der Waals surface area contributed by atoms with E-state index in [-0.39, 0.29) is 5.78 Å². The lowest BCUT2D eigenvalue weighted by molar-refractivity contribution is 0.0958. The van der Waals surface area contributed by atoms with E-state index in [0.717, 1.165) is 34.7 Å². The summed E-state index contributed by atoms with van der Waals surface area (Å²) < 4.78 is -0.511. The first-order valence-electron chi connectivity index (χ1n) is 7.17. The Balaban J connectivity index is 1.86. The van der Waals surface area contributed by atoms with Gasteiger partial charge in [0.05, 0.1) is 5.69 Å². The number of ketones is 1. The minimum Gasteiger partial charge on any atom is -0.292 e. The number of hydrogen-bond donors (Lipinski definition) is 0. The second-order valence-corrected chi connectivity index (χ2v) is 6.92. The Morgan fingerprint density at radius 1 is 1.10 bits per heavy atom. The molecule has 1 spiro atoms. The van der Waals surface area contributed by atoms with E-state index in [1.54, 1.807) is 11.8 Å². The Bertz CT molecular complexity index is 780. The number of fused-ring (bicyclic) bond motifs is 2. The summed E-state index contributed by atoms with van der Waals surface area (Å²) in [5.41, 5.74) is 3.95. The van der Waals surface area contributed by atoms with Gasteiger partial charge in [0.1, 0.15) is 4.75 Å². The fourth-order valence-corrected chi connectivity index (χ4v) is 4.55. The van der Waals surface area contributed by atoms with Crippen LogP contribution in [-0.2, 0) is 6.42 Å². The van der Waals surface area contributed by atoms with Crippen LogP contribution in [0.5, 0.6) is 0 Å². The van der Waals surface area contributed by atoms with Gasteiger partial charge in [0.2, 0.25) is 0 Å². The quantitative estimate of drug-likeness (QED) is 0.718. The number of thioether (sulfide) groups is 1. The highest BCUT2D eigenvalue weighted by Crippen LogP contribution is 2.49. The maximum Gasteiger partial charge on any atom is 0.185 e. The van der Waals surface area contributed by atoms with E-state index in [9.17, 15) is 4.79 Å². The van der Waals surface area contributed by atoms with Gasteiger partial charge in [-0.25, -0.2) is 0 Å². The van der Waals surface area contributed by atoms with Crippen molar-refractivity contribution in [2.75, 3.05) is 0 Å². The summed E-state index contributed by atoms with van der Waals surface area (Å²) in [6.07, 6.45) is 1.77. The molecular formula is C18H15NOS. The van der Waals surface area contributed by atoms with Crippen molar-refractivity contribution in [2.24, 2.45) is 4.99 Å². The number of Topliss-reactive ketones (excluding diaryl/α,β-unsaturated/α-hetero) is 1. The van der Waals surface area contributed by atoms with Crippen molar-refractivity contribution in [2.45, 2.75) is 29.4 Å². The number of carbonyl (C=O) groups is 1. The first-order valence-corrected chi connectivity index (χ1v) is 7.99. The van der Waals surface area contributed by atoms with Gasteiger partial charge in [-0.15, -0.1) is 11.8 Å². The molecule has 0 bridgehead atoms. The molecule has 1 atom stereocenters. The maximum atomic E-state index is 13.1. The van der Waals surface area contributed by atoms with Crippen molar-refractivity contribution in [3.63, 3.8) is 0 Å². The van der Waals surface area contributed by atoms with Crippen LogP contribution in [0.2, 0.25) is 0 Å². The Kier molecular flexibility index (Phi) is 2.79. The summed E-state index contributed by atoms with van der Waals surface area (Å²) in [5.74, 6) is 0.213. The van der Waals surface area contributed by atoms with Crippen molar-refractivity contribution in [1.82, 2.24) is 0 Å². The Labute approximate surface area is 128 Å². The van der Waals surface area contributed by atoms with Crippen LogP contribution in [0.15, 0.2) is 58.4 Å². The normalized spacial score (nSPS) is 23.5. The maximum absolute atomic E-state index is 13.1.